The maximum atomic E-state index is 13.5. The molecule has 1 aromatic carbocycles. The molecule has 24 heavy (non-hydrogen) atoms. The molecule has 1 aromatic heterocycles. The van der Waals surface area contributed by atoms with Gasteiger partial charge in [0.25, 0.3) is 0 Å². The highest BCUT2D eigenvalue weighted by atomic mass is 19.4. The second-order valence-electron chi connectivity index (χ2n) is 4.42. The second kappa shape index (κ2) is 6.49. The van der Waals surface area contributed by atoms with E-state index in [1.54, 1.807) is 0 Å². The molecule has 0 bridgehead atoms. The summed E-state index contributed by atoms with van der Waals surface area (Å²) in [6.45, 7) is -1.97. The largest absolute Gasteiger partial charge is 0.467 e. The Bertz CT molecular complexity index is 715. The Morgan fingerprint density at radius 2 is 1.71 bits per heavy atom. The van der Waals surface area contributed by atoms with E-state index in [1.807, 2.05) is 0 Å². The Morgan fingerprint density at radius 1 is 1.04 bits per heavy atom. The van der Waals surface area contributed by atoms with Gasteiger partial charge in [0.05, 0.1) is 5.69 Å². The van der Waals surface area contributed by atoms with Gasteiger partial charge < -0.3 is 10.1 Å². The topological polar surface area (TPSA) is 47.0 Å². The SMILES string of the molecule is Fc1ccccc1Nc1ncc(C(F)(F)F)c(OCC(F)(F)F)n1. The molecule has 1 heterocycles. The molecule has 130 valence electrons. The Morgan fingerprint density at radius 3 is 2.29 bits per heavy atom. The number of halogens is 7. The predicted molar refractivity (Wildman–Crippen MR) is 68.3 cm³/mol. The lowest BCUT2D eigenvalue weighted by Crippen LogP contribution is -2.22. The molecule has 0 radical (unpaired) electrons. The highest BCUT2D eigenvalue weighted by Crippen LogP contribution is 2.36. The van der Waals surface area contributed by atoms with Gasteiger partial charge in [-0.3, -0.25) is 0 Å². The van der Waals surface area contributed by atoms with Crippen molar-refractivity contribution in [2.75, 3.05) is 11.9 Å². The van der Waals surface area contributed by atoms with Gasteiger partial charge in [0.2, 0.25) is 11.8 Å². The first-order valence-corrected chi connectivity index (χ1v) is 6.21. The van der Waals surface area contributed by atoms with Crippen LogP contribution in [0.3, 0.4) is 0 Å². The molecule has 0 atom stereocenters. The van der Waals surface area contributed by atoms with E-state index in [0.29, 0.717) is 0 Å². The summed E-state index contributed by atoms with van der Waals surface area (Å²) in [5.74, 6) is -2.61. The van der Waals surface area contributed by atoms with Crippen LogP contribution in [0.15, 0.2) is 30.5 Å². The second-order valence-corrected chi connectivity index (χ2v) is 4.42. The standard InChI is InChI=1S/C13H8F7N3O/c14-8-3-1-2-4-9(8)22-11-21-5-7(13(18,19)20)10(23-11)24-6-12(15,16)17/h1-5H,6H2,(H,21,22,23). The summed E-state index contributed by atoms with van der Waals surface area (Å²) in [4.78, 5) is 6.56. The number of nitrogens with zero attached hydrogens (tertiary/aromatic N) is 2. The van der Waals surface area contributed by atoms with Gasteiger partial charge in [-0.1, -0.05) is 12.1 Å². The third-order valence-corrected chi connectivity index (χ3v) is 2.55. The average molecular weight is 355 g/mol. The van der Waals surface area contributed by atoms with E-state index in [0.717, 1.165) is 6.07 Å². The van der Waals surface area contributed by atoms with Crippen molar-refractivity contribution in [3.8, 4) is 5.88 Å². The van der Waals surface area contributed by atoms with Crippen molar-refractivity contribution in [3.05, 3.63) is 41.8 Å². The summed E-state index contributed by atoms with van der Waals surface area (Å²) in [5.41, 5.74) is -1.75. The summed E-state index contributed by atoms with van der Waals surface area (Å²) in [7, 11) is 0. The van der Waals surface area contributed by atoms with Gasteiger partial charge in [-0.25, -0.2) is 9.37 Å². The number of ether oxygens (including phenoxy) is 1. The van der Waals surface area contributed by atoms with Crippen LogP contribution in [0.1, 0.15) is 5.56 Å². The number of benzene rings is 1. The fourth-order valence-corrected chi connectivity index (χ4v) is 1.56. The van der Waals surface area contributed by atoms with Gasteiger partial charge in [-0.15, -0.1) is 0 Å². The van der Waals surface area contributed by atoms with Gasteiger partial charge in [0.15, 0.2) is 6.61 Å². The van der Waals surface area contributed by atoms with Gasteiger partial charge in [-0.05, 0) is 12.1 Å². The minimum Gasteiger partial charge on any atom is -0.467 e. The molecule has 0 aliphatic heterocycles. The summed E-state index contributed by atoms with van der Waals surface area (Å²) < 4.78 is 92.4. The first-order valence-electron chi connectivity index (χ1n) is 6.21. The third-order valence-electron chi connectivity index (χ3n) is 2.55. The Labute approximate surface area is 130 Å². The molecule has 2 rings (SSSR count). The smallest absolute Gasteiger partial charge is 0.423 e. The van der Waals surface area contributed by atoms with Crippen LogP contribution in [0.2, 0.25) is 0 Å². The molecular formula is C13H8F7N3O. The lowest BCUT2D eigenvalue weighted by Gasteiger charge is -2.15. The number of para-hydroxylation sites is 1. The number of nitrogens with one attached hydrogen (secondary N) is 1. The summed E-state index contributed by atoms with van der Waals surface area (Å²) in [6.07, 6.45) is -9.62. The van der Waals surface area contributed by atoms with E-state index in [9.17, 15) is 30.7 Å². The van der Waals surface area contributed by atoms with Gasteiger partial charge in [0.1, 0.15) is 11.4 Å². The first kappa shape index (κ1) is 17.8. The van der Waals surface area contributed by atoms with Crippen molar-refractivity contribution in [1.82, 2.24) is 9.97 Å². The van der Waals surface area contributed by atoms with Crippen molar-refractivity contribution in [2.24, 2.45) is 0 Å². The van der Waals surface area contributed by atoms with Crippen molar-refractivity contribution < 1.29 is 35.5 Å². The zero-order chi connectivity index (χ0) is 18.0. The molecule has 0 amide bonds. The Kier molecular flexibility index (Phi) is 4.81. The fourth-order valence-electron chi connectivity index (χ4n) is 1.56. The zero-order valence-corrected chi connectivity index (χ0v) is 11.5. The summed E-state index contributed by atoms with van der Waals surface area (Å²) in [5, 5.41) is 2.26. The quantitative estimate of drug-likeness (QED) is 0.830. The van der Waals surface area contributed by atoms with E-state index in [1.165, 1.54) is 18.2 Å². The van der Waals surface area contributed by atoms with Gasteiger partial charge in [0, 0.05) is 6.20 Å². The lowest BCUT2D eigenvalue weighted by molar-refractivity contribution is -0.159. The lowest BCUT2D eigenvalue weighted by atomic mass is 10.3. The molecule has 0 aliphatic rings. The molecule has 11 heteroatoms. The summed E-state index contributed by atoms with van der Waals surface area (Å²) >= 11 is 0. The van der Waals surface area contributed by atoms with E-state index >= 15 is 0 Å². The van der Waals surface area contributed by atoms with Crippen molar-refractivity contribution in [3.63, 3.8) is 0 Å². The van der Waals surface area contributed by atoms with Gasteiger partial charge in [-0.2, -0.15) is 31.3 Å². The summed E-state index contributed by atoms with van der Waals surface area (Å²) in [6, 6.07) is 5.10. The van der Waals surface area contributed by atoms with Crippen LogP contribution in [0.4, 0.5) is 42.4 Å². The third kappa shape index (κ3) is 4.70. The van der Waals surface area contributed by atoms with Gasteiger partial charge >= 0.3 is 12.4 Å². The predicted octanol–water partition coefficient (Wildman–Crippen LogP) is 4.32. The van der Waals surface area contributed by atoms with Crippen molar-refractivity contribution >= 4 is 11.6 Å². The minimum absolute atomic E-state index is 0.168. The van der Waals surface area contributed by atoms with Crippen LogP contribution in [-0.4, -0.2) is 22.8 Å². The highest BCUT2D eigenvalue weighted by Gasteiger charge is 2.38. The monoisotopic (exact) mass is 355 g/mol. The number of hydrogen-bond donors (Lipinski definition) is 1. The number of anilines is 2. The van der Waals surface area contributed by atoms with Crippen LogP contribution in [0.25, 0.3) is 0 Å². The van der Waals surface area contributed by atoms with Crippen molar-refractivity contribution in [2.45, 2.75) is 12.4 Å². The van der Waals surface area contributed by atoms with E-state index in [-0.39, 0.29) is 11.9 Å². The first-order chi connectivity index (χ1) is 11.1. The molecule has 0 fully saturated rings. The van der Waals surface area contributed by atoms with Crippen LogP contribution < -0.4 is 10.1 Å². The molecule has 0 unspecified atom stereocenters. The maximum absolute atomic E-state index is 13.5. The normalized spacial score (nSPS) is 12.1. The molecule has 0 saturated heterocycles. The maximum Gasteiger partial charge on any atom is 0.423 e. The highest BCUT2D eigenvalue weighted by molar-refractivity contribution is 5.54. The average Bonchev–Trinajstić information content (AvgIpc) is 2.46. The Hall–Kier alpha value is -2.59. The molecule has 0 saturated carbocycles. The van der Waals surface area contributed by atoms with Crippen LogP contribution in [0.5, 0.6) is 5.88 Å². The molecule has 2 aromatic rings. The van der Waals surface area contributed by atoms with Crippen molar-refractivity contribution in [1.29, 1.82) is 0 Å². The molecule has 0 aliphatic carbocycles. The number of rotatable bonds is 4. The number of alkyl halides is 6. The van der Waals surface area contributed by atoms with Crippen LogP contribution in [-0.2, 0) is 6.18 Å². The molecule has 0 spiro atoms. The van der Waals surface area contributed by atoms with E-state index in [2.05, 4.69) is 20.0 Å². The number of hydrogen-bond acceptors (Lipinski definition) is 4. The number of aromatic nitrogens is 2. The fraction of sp³-hybridized carbons (Fsp3) is 0.231. The molecular weight excluding hydrogens is 347 g/mol. The molecule has 1 N–H and O–H groups in total. The van der Waals surface area contributed by atoms with E-state index in [4.69, 9.17) is 0 Å². The Balaban J connectivity index is 2.33. The van der Waals surface area contributed by atoms with E-state index < -0.39 is 42.2 Å². The molecule has 4 nitrogen and oxygen atoms in total. The van der Waals surface area contributed by atoms with Crippen LogP contribution in [0, 0.1) is 5.82 Å². The zero-order valence-electron chi connectivity index (χ0n) is 11.5. The minimum atomic E-state index is -5.02. The van der Waals surface area contributed by atoms with Crippen LogP contribution >= 0.6 is 0 Å².